The van der Waals surface area contributed by atoms with Gasteiger partial charge in [0.25, 0.3) is 0 Å². The van der Waals surface area contributed by atoms with Crippen molar-refractivity contribution in [2.75, 3.05) is 11.1 Å². The summed E-state index contributed by atoms with van der Waals surface area (Å²) in [6.45, 7) is 2.11. The highest BCUT2D eigenvalue weighted by molar-refractivity contribution is 6.31. The van der Waals surface area contributed by atoms with E-state index >= 15 is 0 Å². The van der Waals surface area contributed by atoms with Crippen molar-refractivity contribution in [1.82, 2.24) is 14.8 Å². The monoisotopic (exact) mass is 339 g/mol. The summed E-state index contributed by atoms with van der Waals surface area (Å²) in [5, 5.41) is 8.56. The lowest BCUT2D eigenvalue weighted by atomic mass is 9.91. The van der Waals surface area contributed by atoms with Gasteiger partial charge in [-0.2, -0.15) is 4.98 Å². The number of hydrogen-bond acceptors (Lipinski definition) is 4. The zero-order chi connectivity index (χ0) is 16.7. The Morgan fingerprint density at radius 2 is 1.83 bits per heavy atom. The molecule has 2 unspecified atom stereocenters. The zero-order valence-electron chi connectivity index (χ0n) is 13.3. The molecule has 0 saturated heterocycles. The average molecular weight is 340 g/mol. The number of aryl methyl sites for hydroxylation is 1. The zero-order valence-corrected chi connectivity index (χ0v) is 14.0. The van der Waals surface area contributed by atoms with Crippen LogP contribution in [0.3, 0.4) is 0 Å². The molecule has 0 spiro atoms. The summed E-state index contributed by atoms with van der Waals surface area (Å²) in [6.07, 6.45) is 0.824. The van der Waals surface area contributed by atoms with E-state index in [1.54, 1.807) is 0 Å². The van der Waals surface area contributed by atoms with E-state index in [2.05, 4.69) is 40.5 Å². The predicted octanol–water partition coefficient (Wildman–Crippen LogP) is 3.97. The van der Waals surface area contributed by atoms with Crippen LogP contribution in [0.4, 0.5) is 11.9 Å². The number of anilines is 2. The molecule has 1 aromatic heterocycles. The van der Waals surface area contributed by atoms with E-state index < -0.39 is 0 Å². The van der Waals surface area contributed by atoms with Crippen molar-refractivity contribution < 1.29 is 0 Å². The molecule has 0 amide bonds. The summed E-state index contributed by atoms with van der Waals surface area (Å²) in [7, 11) is 0. The maximum Gasteiger partial charge on any atom is 0.241 e. The summed E-state index contributed by atoms with van der Waals surface area (Å²) < 4.78 is 1.88. The number of nitrogens with two attached hydrogens (primary N) is 1. The van der Waals surface area contributed by atoms with Gasteiger partial charge in [0, 0.05) is 5.02 Å². The van der Waals surface area contributed by atoms with Crippen LogP contribution in [0.1, 0.15) is 35.2 Å². The summed E-state index contributed by atoms with van der Waals surface area (Å²) >= 11 is 6.41. The second kappa shape index (κ2) is 5.83. The van der Waals surface area contributed by atoms with Crippen molar-refractivity contribution in [2.45, 2.75) is 25.4 Å². The van der Waals surface area contributed by atoms with Crippen molar-refractivity contribution in [3.63, 3.8) is 0 Å². The van der Waals surface area contributed by atoms with Gasteiger partial charge in [0.15, 0.2) is 0 Å². The predicted molar refractivity (Wildman–Crippen MR) is 96.2 cm³/mol. The molecule has 0 fully saturated rings. The molecule has 0 radical (unpaired) electrons. The second-order valence-electron chi connectivity index (χ2n) is 6.06. The van der Waals surface area contributed by atoms with Crippen LogP contribution >= 0.6 is 11.6 Å². The van der Waals surface area contributed by atoms with Gasteiger partial charge >= 0.3 is 0 Å². The molecule has 6 heteroatoms. The third kappa shape index (κ3) is 2.51. The van der Waals surface area contributed by atoms with Gasteiger partial charge in [-0.05, 0) is 36.1 Å². The molecule has 3 aromatic rings. The fraction of sp³-hybridized carbons (Fsp3) is 0.222. The van der Waals surface area contributed by atoms with Gasteiger partial charge in [0.05, 0.1) is 12.1 Å². The Bertz CT molecular complexity index is 889. The first-order valence-electron chi connectivity index (χ1n) is 7.92. The van der Waals surface area contributed by atoms with Crippen LogP contribution < -0.4 is 11.1 Å². The summed E-state index contributed by atoms with van der Waals surface area (Å²) in [6, 6.07) is 16.4. The molecule has 0 bridgehead atoms. The molecule has 2 heterocycles. The van der Waals surface area contributed by atoms with Crippen LogP contribution in [0.5, 0.6) is 0 Å². The van der Waals surface area contributed by atoms with Crippen LogP contribution in [0.15, 0.2) is 48.5 Å². The van der Waals surface area contributed by atoms with Crippen molar-refractivity contribution >= 4 is 23.5 Å². The lowest BCUT2D eigenvalue weighted by Crippen LogP contribution is -2.28. The van der Waals surface area contributed by atoms with Crippen molar-refractivity contribution in [3.05, 3.63) is 70.2 Å². The number of fused-ring (bicyclic) bond motifs is 1. The molecule has 24 heavy (non-hydrogen) atoms. The van der Waals surface area contributed by atoms with Crippen LogP contribution in [0, 0.1) is 6.92 Å². The first-order valence-corrected chi connectivity index (χ1v) is 8.30. The molecule has 1 aliphatic rings. The maximum atomic E-state index is 6.41. The largest absolute Gasteiger partial charge is 0.366 e. The van der Waals surface area contributed by atoms with Gasteiger partial charge < -0.3 is 11.1 Å². The molecule has 122 valence electrons. The van der Waals surface area contributed by atoms with E-state index in [0.717, 1.165) is 17.0 Å². The smallest absolute Gasteiger partial charge is 0.241 e. The standard InChI is InChI=1S/C18H18ClN5/c1-11-6-2-3-7-12(11)16-10-15(13-8-4-5-9-14(13)19)21-18-22-17(20)23-24(16)18/h2-9,15-16H,10H2,1H3,(H3,20,21,22,23). The summed E-state index contributed by atoms with van der Waals surface area (Å²) in [4.78, 5) is 4.34. The molecule has 2 aromatic carbocycles. The van der Waals surface area contributed by atoms with Gasteiger partial charge in [0.2, 0.25) is 11.9 Å². The lowest BCUT2D eigenvalue weighted by Gasteiger charge is -2.32. The Hall–Kier alpha value is -2.53. The van der Waals surface area contributed by atoms with Crippen molar-refractivity contribution in [1.29, 1.82) is 0 Å². The van der Waals surface area contributed by atoms with Crippen LogP contribution in [0.25, 0.3) is 0 Å². The first-order chi connectivity index (χ1) is 11.6. The second-order valence-corrected chi connectivity index (χ2v) is 6.47. The van der Waals surface area contributed by atoms with Crippen molar-refractivity contribution in [3.8, 4) is 0 Å². The minimum Gasteiger partial charge on any atom is -0.366 e. The van der Waals surface area contributed by atoms with Gasteiger partial charge in [-0.25, -0.2) is 4.68 Å². The number of rotatable bonds is 2. The third-order valence-electron chi connectivity index (χ3n) is 4.53. The third-order valence-corrected chi connectivity index (χ3v) is 4.88. The first kappa shape index (κ1) is 15.0. The average Bonchev–Trinajstić information content (AvgIpc) is 2.95. The van der Waals surface area contributed by atoms with E-state index in [1.807, 2.05) is 35.0 Å². The highest BCUT2D eigenvalue weighted by atomic mass is 35.5. The minimum absolute atomic E-state index is 0.0550. The Labute approximate surface area is 145 Å². The Morgan fingerprint density at radius 3 is 2.58 bits per heavy atom. The van der Waals surface area contributed by atoms with Gasteiger partial charge in [-0.3, -0.25) is 0 Å². The number of nitrogens with zero attached hydrogens (tertiary/aromatic N) is 3. The van der Waals surface area contributed by atoms with Crippen LogP contribution in [-0.4, -0.2) is 14.8 Å². The quantitative estimate of drug-likeness (QED) is 0.741. The fourth-order valence-electron chi connectivity index (χ4n) is 3.38. The molecule has 0 saturated carbocycles. The van der Waals surface area contributed by atoms with Gasteiger partial charge in [-0.1, -0.05) is 54.1 Å². The molecule has 1 aliphatic heterocycles. The Balaban J connectivity index is 1.81. The van der Waals surface area contributed by atoms with Gasteiger partial charge in [0.1, 0.15) is 0 Å². The topological polar surface area (TPSA) is 68.8 Å². The SMILES string of the molecule is Cc1ccccc1C1CC(c2ccccc2Cl)Nc2nc(N)nn21. The number of halogens is 1. The molecule has 5 nitrogen and oxygen atoms in total. The highest BCUT2D eigenvalue weighted by Gasteiger charge is 2.32. The maximum absolute atomic E-state index is 6.41. The number of nitrogen functional groups attached to an aromatic ring is 1. The molecule has 2 atom stereocenters. The molecule has 0 aliphatic carbocycles. The van der Waals surface area contributed by atoms with E-state index in [0.29, 0.717) is 5.95 Å². The number of benzene rings is 2. The number of aromatic nitrogens is 3. The molecule has 4 rings (SSSR count). The minimum atomic E-state index is 0.0550. The normalized spacial score (nSPS) is 19.6. The van der Waals surface area contributed by atoms with E-state index in [-0.39, 0.29) is 18.0 Å². The molecule has 3 N–H and O–H groups in total. The molecular weight excluding hydrogens is 322 g/mol. The fourth-order valence-corrected chi connectivity index (χ4v) is 3.64. The van der Waals surface area contributed by atoms with Crippen molar-refractivity contribution in [2.24, 2.45) is 0 Å². The Kier molecular flexibility index (Phi) is 3.65. The van der Waals surface area contributed by atoms with Crippen LogP contribution in [0.2, 0.25) is 5.02 Å². The van der Waals surface area contributed by atoms with E-state index in [9.17, 15) is 0 Å². The highest BCUT2D eigenvalue weighted by Crippen LogP contribution is 2.40. The number of nitrogens with one attached hydrogen (secondary N) is 1. The number of hydrogen-bond donors (Lipinski definition) is 2. The lowest BCUT2D eigenvalue weighted by molar-refractivity contribution is 0.430. The van der Waals surface area contributed by atoms with E-state index in [4.69, 9.17) is 17.3 Å². The van der Waals surface area contributed by atoms with Crippen LogP contribution in [-0.2, 0) is 0 Å². The van der Waals surface area contributed by atoms with Gasteiger partial charge in [-0.15, -0.1) is 5.10 Å². The summed E-state index contributed by atoms with van der Waals surface area (Å²) in [5.41, 5.74) is 9.35. The molecular formula is C18H18ClN5. The Morgan fingerprint density at radius 1 is 1.12 bits per heavy atom. The van der Waals surface area contributed by atoms with E-state index in [1.165, 1.54) is 11.1 Å². The summed E-state index contributed by atoms with van der Waals surface area (Å²) in [5.74, 6) is 0.952.